The Hall–Kier alpha value is -1.94. The summed E-state index contributed by atoms with van der Waals surface area (Å²) in [5, 5.41) is 3.48. The Morgan fingerprint density at radius 3 is 2.80 bits per heavy atom. The molecule has 0 aromatic carbocycles. The summed E-state index contributed by atoms with van der Waals surface area (Å²) < 4.78 is 0. The number of anilines is 1. The summed E-state index contributed by atoms with van der Waals surface area (Å²) in [5.74, 6) is 0.564. The van der Waals surface area contributed by atoms with Crippen molar-refractivity contribution in [2.24, 2.45) is 0 Å². The van der Waals surface area contributed by atoms with Crippen molar-refractivity contribution in [1.29, 1.82) is 0 Å². The average Bonchev–Trinajstić information content (AvgIpc) is 2.47. The van der Waals surface area contributed by atoms with E-state index >= 15 is 0 Å². The molecule has 0 saturated carbocycles. The molecule has 3 N–H and O–H groups in total. The van der Waals surface area contributed by atoms with Gasteiger partial charge in [0.25, 0.3) is 0 Å². The first-order valence-corrected chi connectivity index (χ1v) is 7.06. The molecular weight excluding hydrogens is 248 g/mol. The number of hydrogen-bond donors (Lipinski definition) is 2. The maximum Gasteiger partial charge on any atom is 0.128 e. The first-order chi connectivity index (χ1) is 9.67. The molecule has 0 spiro atoms. The summed E-state index contributed by atoms with van der Waals surface area (Å²) >= 11 is 0. The monoisotopic (exact) mass is 270 g/mol. The average molecular weight is 270 g/mol. The molecule has 106 valence electrons. The summed E-state index contributed by atoms with van der Waals surface area (Å²) in [4.78, 5) is 8.84. The number of aryl methyl sites for hydroxylation is 2. The van der Waals surface area contributed by atoms with E-state index in [1.807, 2.05) is 19.2 Å². The van der Waals surface area contributed by atoms with Gasteiger partial charge in [-0.05, 0) is 43.1 Å². The third-order valence-electron chi connectivity index (χ3n) is 3.39. The van der Waals surface area contributed by atoms with Crippen molar-refractivity contribution in [2.45, 2.75) is 33.2 Å². The molecule has 2 aromatic rings. The molecule has 4 heteroatoms. The molecule has 0 saturated heterocycles. The SMILES string of the molecule is CCNC(c1cc(C)cnc1N)c1ncccc1CC. The van der Waals surface area contributed by atoms with Crippen LogP contribution in [0, 0.1) is 6.92 Å². The van der Waals surface area contributed by atoms with Gasteiger partial charge in [-0.2, -0.15) is 0 Å². The summed E-state index contributed by atoms with van der Waals surface area (Å²) in [5.41, 5.74) is 10.4. The zero-order valence-corrected chi connectivity index (χ0v) is 12.4. The van der Waals surface area contributed by atoms with Crippen LogP contribution in [-0.2, 0) is 6.42 Å². The van der Waals surface area contributed by atoms with Gasteiger partial charge in [-0.25, -0.2) is 4.98 Å². The largest absolute Gasteiger partial charge is 0.383 e. The quantitative estimate of drug-likeness (QED) is 0.876. The van der Waals surface area contributed by atoms with Gasteiger partial charge < -0.3 is 11.1 Å². The molecule has 0 bridgehead atoms. The van der Waals surface area contributed by atoms with Gasteiger partial charge in [0.2, 0.25) is 0 Å². The van der Waals surface area contributed by atoms with Crippen molar-refractivity contribution < 1.29 is 0 Å². The van der Waals surface area contributed by atoms with Gasteiger partial charge in [0.1, 0.15) is 5.82 Å². The Labute approximate surface area is 120 Å². The van der Waals surface area contributed by atoms with Gasteiger partial charge in [0.15, 0.2) is 0 Å². The van der Waals surface area contributed by atoms with Gasteiger partial charge in [-0.1, -0.05) is 19.9 Å². The number of rotatable bonds is 5. The number of nitrogens with one attached hydrogen (secondary N) is 1. The lowest BCUT2D eigenvalue weighted by molar-refractivity contribution is 0.609. The van der Waals surface area contributed by atoms with Crippen molar-refractivity contribution in [3.63, 3.8) is 0 Å². The third kappa shape index (κ3) is 2.96. The number of hydrogen-bond acceptors (Lipinski definition) is 4. The Morgan fingerprint density at radius 2 is 2.10 bits per heavy atom. The van der Waals surface area contributed by atoms with E-state index in [0.29, 0.717) is 5.82 Å². The summed E-state index contributed by atoms with van der Waals surface area (Å²) in [6, 6.07) is 6.17. The van der Waals surface area contributed by atoms with E-state index in [2.05, 4.69) is 41.3 Å². The second kappa shape index (κ2) is 6.48. The van der Waals surface area contributed by atoms with Crippen LogP contribution in [0.1, 0.15) is 42.3 Å². The fourth-order valence-electron chi connectivity index (χ4n) is 2.40. The predicted octanol–water partition coefficient (Wildman–Crippen LogP) is 2.63. The second-order valence-electron chi connectivity index (χ2n) is 4.88. The number of nitrogens with two attached hydrogens (primary N) is 1. The Morgan fingerprint density at radius 1 is 1.30 bits per heavy atom. The normalized spacial score (nSPS) is 12.3. The lowest BCUT2D eigenvalue weighted by atomic mass is 9.97. The Kier molecular flexibility index (Phi) is 4.69. The molecule has 1 unspecified atom stereocenters. The van der Waals surface area contributed by atoms with E-state index in [-0.39, 0.29) is 6.04 Å². The van der Waals surface area contributed by atoms with Crippen molar-refractivity contribution in [3.05, 3.63) is 53.0 Å². The van der Waals surface area contributed by atoms with Crippen LogP contribution >= 0.6 is 0 Å². The van der Waals surface area contributed by atoms with Gasteiger partial charge >= 0.3 is 0 Å². The van der Waals surface area contributed by atoms with E-state index in [0.717, 1.165) is 29.8 Å². The van der Waals surface area contributed by atoms with E-state index < -0.39 is 0 Å². The van der Waals surface area contributed by atoms with E-state index in [1.165, 1.54) is 5.56 Å². The number of aromatic nitrogens is 2. The predicted molar refractivity (Wildman–Crippen MR) is 82.5 cm³/mol. The van der Waals surface area contributed by atoms with Crippen LogP contribution in [0.5, 0.6) is 0 Å². The highest BCUT2D eigenvalue weighted by Gasteiger charge is 2.20. The van der Waals surface area contributed by atoms with E-state index in [4.69, 9.17) is 5.73 Å². The molecule has 0 amide bonds. The molecule has 1 atom stereocenters. The first kappa shape index (κ1) is 14.5. The zero-order valence-electron chi connectivity index (χ0n) is 12.4. The van der Waals surface area contributed by atoms with Crippen LogP contribution in [0.15, 0.2) is 30.6 Å². The first-order valence-electron chi connectivity index (χ1n) is 7.06. The van der Waals surface area contributed by atoms with Gasteiger partial charge in [0, 0.05) is 18.0 Å². The van der Waals surface area contributed by atoms with Gasteiger partial charge in [-0.3, -0.25) is 4.98 Å². The van der Waals surface area contributed by atoms with Crippen molar-refractivity contribution in [3.8, 4) is 0 Å². The summed E-state index contributed by atoms with van der Waals surface area (Å²) in [7, 11) is 0. The van der Waals surface area contributed by atoms with Crippen molar-refractivity contribution in [1.82, 2.24) is 15.3 Å². The fraction of sp³-hybridized carbons (Fsp3) is 0.375. The van der Waals surface area contributed by atoms with Crippen LogP contribution in [0.4, 0.5) is 5.82 Å². The highest BCUT2D eigenvalue weighted by molar-refractivity contribution is 5.47. The third-order valence-corrected chi connectivity index (χ3v) is 3.39. The minimum absolute atomic E-state index is 0.0106. The smallest absolute Gasteiger partial charge is 0.128 e. The van der Waals surface area contributed by atoms with Gasteiger partial charge in [0.05, 0.1) is 11.7 Å². The van der Waals surface area contributed by atoms with Crippen LogP contribution in [0.2, 0.25) is 0 Å². The standard InChI is InChI=1S/C16H22N4/c1-4-12-7-6-8-19-14(12)15(18-5-2)13-9-11(3)10-20-16(13)17/h6-10,15,18H,4-5H2,1-3H3,(H2,17,20). The molecule has 0 aliphatic carbocycles. The lowest BCUT2D eigenvalue weighted by Gasteiger charge is -2.21. The van der Waals surface area contributed by atoms with E-state index in [9.17, 15) is 0 Å². The maximum absolute atomic E-state index is 6.07. The van der Waals surface area contributed by atoms with Crippen LogP contribution in [0.25, 0.3) is 0 Å². The number of nitrogens with zero attached hydrogens (tertiary/aromatic N) is 2. The molecular formula is C16H22N4. The highest BCUT2D eigenvalue weighted by Crippen LogP contribution is 2.27. The lowest BCUT2D eigenvalue weighted by Crippen LogP contribution is -2.25. The molecule has 2 aromatic heterocycles. The highest BCUT2D eigenvalue weighted by atomic mass is 15.0. The Balaban J connectivity index is 2.53. The fourth-order valence-corrected chi connectivity index (χ4v) is 2.40. The zero-order chi connectivity index (χ0) is 14.5. The minimum Gasteiger partial charge on any atom is -0.383 e. The van der Waals surface area contributed by atoms with Crippen LogP contribution < -0.4 is 11.1 Å². The van der Waals surface area contributed by atoms with Crippen molar-refractivity contribution >= 4 is 5.82 Å². The molecule has 2 rings (SSSR count). The van der Waals surface area contributed by atoms with Crippen molar-refractivity contribution in [2.75, 3.05) is 12.3 Å². The second-order valence-corrected chi connectivity index (χ2v) is 4.88. The molecule has 0 aliphatic rings. The Bertz CT molecular complexity index is 580. The molecule has 20 heavy (non-hydrogen) atoms. The van der Waals surface area contributed by atoms with Crippen LogP contribution in [-0.4, -0.2) is 16.5 Å². The maximum atomic E-state index is 6.07. The summed E-state index contributed by atoms with van der Waals surface area (Å²) in [6.07, 6.45) is 4.57. The van der Waals surface area contributed by atoms with Gasteiger partial charge in [-0.15, -0.1) is 0 Å². The topological polar surface area (TPSA) is 63.8 Å². The molecule has 0 aliphatic heterocycles. The molecule has 0 fully saturated rings. The molecule has 4 nitrogen and oxygen atoms in total. The number of pyridine rings is 2. The number of nitrogen functional groups attached to an aromatic ring is 1. The molecule has 2 heterocycles. The molecule has 0 radical (unpaired) electrons. The van der Waals surface area contributed by atoms with Crippen LogP contribution in [0.3, 0.4) is 0 Å². The van der Waals surface area contributed by atoms with E-state index in [1.54, 1.807) is 6.20 Å². The summed E-state index contributed by atoms with van der Waals surface area (Å²) in [6.45, 7) is 7.10. The minimum atomic E-state index is -0.0106.